The highest BCUT2D eigenvalue weighted by Crippen LogP contribution is 2.20. The normalized spacial score (nSPS) is 11.5. The number of benzene rings is 2. The first-order chi connectivity index (χ1) is 14.3. The van der Waals surface area contributed by atoms with E-state index in [9.17, 15) is 14.4 Å². The van der Waals surface area contributed by atoms with Crippen LogP contribution in [0.5, 0.6) is 0 Å². The lowest BCUT2D eigenvalue weighted by molar-refractivity contribution is -0.141. The summed E-state index contributed by atoms with van der Waals surface area (Å²) in [4.78, 5) is 41.4. The number of thiazole rings is 1. The molecule has 0 aliphatic rings. The van der Waals surface area contributed by atoms with Crippen molar-refractivity contribution in [3.63, 3.8) is 0 Å². The molecular weight excluding hydrogens is 404 g/mol. The summed E-state index contributed by atoms with van der Waals surface area (Å²) in [5.41, 5.74) is 3.47. The van der Waals surface area contributed by atoms with Crippen LogP contribution in [0.4, 0.5) is 0 Å². The molecule has 2 aromatic carbocycles. The summed E-state index contributed by atoms with van der Waals surface area (Å²) in [7, 11) is 1.30. The fourth-order valence-electron chi connectivity index (χ4n) is 3.10. The molecular formula is C22H22N2O5S. The van der Waals surface area contributed by atoms with Gasteiger partial charge in [0.05, 0.1) is 29.5 Å². The van der Waals surface area contributed by atoms with Gasteiger partial charge >= 0.3 is 11.9 Å². The van der Waals surface area contributed by atoms with Crippen molar-refractivity contribution in [3.8, 4) is 0 Å². The molecule has 0 aliphatic heterocycles. The molecule has 1 aromatic heterocycles. The Morgan fingerprint density at radius 1 is 1.03 bits per heavy atom. The van der Waals surface area contributed by atoms with E-state index >= 15 is 0 Å². The predicted octanol–water partition coefficient (Wildman–Crippen LogP) is 3.41. The first kappa shape index (κ1) is 21.4. The zero-order valence-corrected chi connectivity index (χ0v) is 18.0. The van der Waals surface area contributed by atoms with Crippen molar-refractivity contribution in [1.29, 1.82) is 0 Å². The van der Waals surface area contributed by atoms with Crippen LogP contribution in [0.3, 0.4) is 0 Å². The van der Waals surface area contributed by atoms with Crippen LogP contribution in [0.1, 0.15) is 38.8 Å². The minimum atomic E-state index is -0.468. The monoisotopic (exact) mass is 426 g/mol. The van der Waals surface area contributed by atoms with Crippen molar-refractivity contribution in [3.05, 3.63) is 63.5 Å². The number of aryl methyl sites for hydroxylation is 2. The van der Waals surface area contributed by atoms with Gasteiger partial charge in [0.2, 0.25) is 0 Å². The maximum atomic E-state index is 12.8. The molecule has 1 heterocycles. The molecule has 3 rings (SSSR count). The highest BCUT2D eigenvalue weighted by Gasteiger charge is 2.15. The van der Waals surface area contributed by atoms with Gasteiger partial charge in [-0.15, -0.1) is 0 Å². The van der Waals surface area contributed by atoms with Gasteiger partial charge in [0.1, 0.15) is 6.54 Å². The van der Waals surface area contributed by atoms with Gasteiger partial charge in [-0.3, -0.25) is 9.59 Å². The molecule has 7 nitrogen and oxygen atoms in total. The van der Waals surface area contributed by atoms with Crippen LogP contribution in [0.2, 0.25) is 0 Å². The Morgan fingerprint density at radius 3 is 2.37 bits per heavy atom. The number of hydrogen-bond acceptors (Lipinski definition) is 6. The predicted molar refractivity (Wildman–Crippen MR) is 114 cm³/mol. The second kappa shape index (κ2) is 9.04. The molecule has 0 radical (unpaired) electrons. The van der Waals surface area contributed by atoms with Crippen LogP contribution in [-0.2, 0) is 20.8 Å². The minimum absolute atomic E-state index is 0.103. The van der Waals surface area contributed by atoms with Gasteiger partial charge in [-0.2, -0.15) is 4.99 Å². The molecule has 0 N–H and O–H groups in total. The summed E-state index contributed by atoms with van der Waals surface area (Å²) in [6.07, 6.45) is 0. The van der Waals surface area contributed by atoms with Crippen molar-refractivity contribution in [2.24, 2.45) is 4.99 Å². The third-order valence-corrected chi connectivity index (χ3v) is 5.42. The van der Waals surface area contributed by atoms with Crippen molar-refractivity contribution in [2.75, 3.05) is 13.7 Å². The van der Waals surface area contributed by atoms with Gasteiger partial charge in [0.15, 0.2) is 4.80 Å². The molecule has 156 valence electrons. The molecule has 0 fully saturated rings. The SMILES string of the molecule is CCOC(=O)c1ccc2c(c1)sc(=NC(=O)c1cc(C)cc(C)c1)n2CC(=O)OC. The van der Waals surface area contributed by atoms with E-state index in [2.05, 4.69) is 4.99 Å². The average Bonchev–Trinajstić information content (AvgIpc) is 3.03. The number of carbonyl (C=O) groups excluding carboxylic acids is 3. The quantitative estimate of drug-likeness (QED) is 0.584. The van der Waals surface area contributed by atoms with Gasteiger partial charge in [0, 0.05) is 5.56 Å². The van der Waals surface area contributed by atoms with E-state index in [1.807, 2.05) is 19.9 Å². The number of hydrogen-bond donors (Lipinski definition) is 0. The molecule has 0 unspecified atom stereocenters. The van der Waals surface area contributed by atoms with E-state index in [1.165, 1.54) is 18.4 Å². The fourth-order valence-corrected chi connectivity index (χ4v) is 4.16. The van der Waals surface area contributed by atoms with Crippen LogP contribution in [-0.4, -0.2) is 36.1 Å². The van der Waals surface area contributed by atoms with E-state index < -0.39 is 17.8 Å². The largest absolute Gasteiger partial charge is 0.468 e. The van der Waals surface area contributed by atoms with Gasteiger partial charge in [0.25, 0.3) is 5.91 Å². The Balaban J connectivity index is 2.14. The molecule has 0 bridgehead atoms. The maximum absolute atomic E-state index is 12.8. The number of aromatic nitrogens is 1. The Kier molecular flexibility index (Phi) is 6.47. The standard InChI is InChI=1S/C22H22N2O5S/c1-5-29-21(27)15-6-7-17-18(11-15)30-22(24(17)12-19(25)28-4)23-20(26)16-9-13(2)8-14(3)10-16/h6-11H,5,12H2,1-4H3. The van der Waals surface area contributed by atoms with Crippen LogP contribution < -0.4 is 4.80 Å². The number of nitrogens with zero attached hydrogens (tertiary/aromatic N) is 2. The summed E-state index contributed by atoms with van der Waals surface area (Å²) >= 11 is 1.22. The van der Waals surface area contributed by atoms with Crippen molar-refractivity contribution < 1.29 is 23.9 Å². The van der Waals surface area contributed by atoms with Crippen LogP contribution in [0.25, 0.3) is 10.2 Å². The van der Waals surface area contributed by atoms with E-state index in [1.54, 1.807) is 41.8 Å². The van der Waals surface area contributed by atoms with Crippen molar-refractivity contribution in [2.45, 2.75) is 27.3 Å². The zero-order chi connectivity index (χ0) is 21.8. The summed E-state index contributed by atoms with van der Waals surface area (Å²) in [6, 6.07) is 10.5. The van der Waals surface area contributed by atoms with E-state index in [0.717, 1.165) is 11.1 Å². The first-order valence-corrected chi connectivity index (χ1v) is 10.2. The summed E-state index contributed by atoms with van der Waals surface area (Å²) < 4.78 is 12.2. The molecule has 0 saturated heterocycles. The van der Waals surface area contributed by atoms with Gasteiger partial charge in [-0.25, -0.2) is 4.79 Å². The lowest BCUT2D eigenvalue weighted by Gasteiger charge is -2.05. The van der Waals surface area contributed by atoms with Crippen LogP contribution in [0, 0.1) is 13.8 Å². The molecule has 3 aromatic rings. The maximum Gasteiger partial charge on any atom is 0.338 e. The second-order valence-electron chi connectivity index (χ2n) is 6.74. The highest BCUT2D eigenvalue weighted by molar-refractivity contribution is 7.16. The molecule has 30 heavy (non-hydrogen) atoms. The third kappa shape index (κ3) is 4.65. The smallest absolute Gasteiger partial charge is 0.338 e. The third-order valence-electron chi connectivity index (χ3n) is 4.37. The number of carbonyl (C=O) groups is 3. The molecule has 1 amide bonds. The average molecular weight is 426 g/mol. The molecule has 0 aliphatic carbocycles. The minimum Gasteiger partial charge on any atom is -0.468 e. The van der Waals surface area contributed by atoms with Crippen molar-refractivity contribution in [1.82, 2.24) is 4.57 Å². The Labute approximate surface area is 177 Å². The summed E-state index contributed by atoms with van der Waals surface area (Å²) in [5.74, 6) is -1.31. The number of amides is 1. The topological polar surface area (TPSA) is 87.0 Å². The fraction of sp³-hybridized carbons (Fsp3) is 0.273. The zero-order valence-electron chi connectivity index (χ0n) is 17.2. The first-order valence-electron chi connectivity index (χ1n) is 9.37. The number of fused-ring (bicyclic) bond motifs is 1. The van der Waals surface area contributed by atoms with E-state index in [0.29, 0.717) is 26.1 Å². The molecule has 0 spiro atoms. The summed E-state index contributed by atoms with van der Waals surface area (Å²) in [5, 5.41) is 0. The molecule has 0 atom stereocenters. The van der Waals surface area contributed by atoms with E-state index in [-0.39, 0.29) is 13.2 Å². The lowest BCUT2D eigenvalue weighted by Crippen LogP contribution is -2.22. The molecule has 0 saturated carbocycles. The number of rotatable bonds is 5. The highest BCUT2D eigenvalue weighted by atomic mass is 32.1. The van der Waals surface area contributed by atoms with Gasteiger partial charge in [-0.05, 0) is 51.1 Å². The summed E-state index contributed by atoms with van der Waals surface area (Å²) in [6.45, 7) is 5.74. The Morgan fingerprint density at radius 2 is 1.73 bits per heavy atom. The van der Waals surface area contributed by atoms with Gasteiger partial charge < -0.3 is 14.0 Å². The molecule has 8 heteroatoms. The number of methoxy groups -OCH3 is 1. The van der Waals surface area contributed by atoms with Crippen molar-refractivity contribution >= 4 is 39.4 Å². The van der Waals surface area contributed by atoms with Crippen LogP contribution in [0.15, 0.2) is 41.4 Å². The van der Waals surface area contributed by atoms with Gasteiger partial charge in [-0.1, -0.05) is 28.5 Å². The number of ether oxygens (including phenoxy) is 2. The Hall–Kier alpha value is -3.26. The Bertz CT molecular complexity index is 1190. The number of esters is 2. The van der Waals surface area contributed by atoms with Crippen LogP contribution >= 0.6 is 11.3 Å². The van der Waals surface area contributed by atoms with E-state index in [4.69, 9.17) is 9.47 Å². The second-order valence-corrected chi connectivity index (χ2v) is 7.75. The lowest BCUT2D eigenvalue weighted by atomic mass is 10.1.